The Morgan fingerprint density at radius 1 is 1.69 bits per heavy atom. The van der Waals surface area contributed by atoms with Gasteiger partial charge >= 0.3 is 0 Å². The van der Waals surface area contributed by atoms with Gasteiger partial charge in [-0.05, 0) is 39.0 Å². The van der Waals surface area contributed by atoms with E-state index in [2.05, 4.69) is 13.8 Å². The Morgan fingerprint density at radius 2 is 2.46 bits per heavy atom. The Hall–Kier alpha value is -0.340. The summed E-state index contributed by atoms with van der Waals surface area (Å²) in [6, 6.07) is 0. The molecule has 0 aromatic rings. The zero-order valence-corrected chi connectivity index (χ0v) is 8.42. The summed E-state index contributed by atoms with van der Waals surface area (Å²) in [7, 11) is 0. The van der Waals surface area contributed by atoms with E-state index in [4.69, 9.17) is 9.84 Å². The highest BCUT2D eigenvalue weighted by Crippen LogP contribution is 2.50. The Morgan fingerprint density at radius 3 is 3.08 bits per heavy atom. The molecule has 0 bridgehead atoms. The van der Waals surface area contributed by atoms with Crippen LogP contribution in [0.3, 0.4) is 0 Å². The second kappa shape index (κ2) is 3.10. The van der Waals surface area contributed by atoms with Crippen LogP contribution in [0.15, 0.2) is 11.6 Å². The molecule has 1 saturated heterocycles. The minimum absolute atomic E-state index is 0.172. The predicted octanol–water partition coefficient (Wildman–Crippen LogP) is 1.88. The lowest BCUT2D eigenvalue weighted by molar-refractivity contribution is 0.303. The van der Waals surface area contributed by atoms with Crippen LogP contribution in [0.1, 0.15) is 33.1 Å². The third-order valence-corrected chi connectivity index (χ3v) is 3.58. The lowest BCUT2D eigenvalue weighted by atomic mass is 9.79. The molecule has 2 nitrogen and oxygen atoms in total. The van der Waals surface area contributed by atoms with Crippen LogP contribution in [0.25, 0.3) is 0 Å². The molecular weight excluding hydrogens is 164 g/mol. The number of fused-ring (bicyclic) bond motifs is 1. The summed E-state index contributed by atoms with van der Waals surface area (Å²) in [4.78, 5) is 0. The topological polar surface area (TPSA) is 32.8 Å². The molecule has 1 N–H and O–H groups in total. The van der Waals surface area contributed by atoms with Crippen molar-refractivity contribution < 1.29 is 9.84 Å². The van der Waals surface area contributed by atoms with Crippen molar-refractivity contribution in [2.45, 2.75) is 44.8 Å². The van der Waals surface area contributed by atoms with Gasteiger partial charge in [-0.15, -0.1) is 0 Å². The molecule has 0 aromatic carbocycles. The number of epoxide rings is 1. The van der Waals surface area contributed by atoms with Gasteiger partial charge in [-0.1, -0.05) is 11.6 Å². The number of aliphatic hydroxyl groups excluding tert-OH is 1. The predicted molar refractivity (Wildman–Crippen MR) is 51.5 cm³/mol. The van der Waals surface area contributed by atoms with Gasteiger partial charge in [0.2, 0.25) is 0 Å². The normalized spacial score (nSPS) is 44.4. The number of hydrogen-bond donors (Lipinski definition) is 1. The van der Waals surface area contributed by atoms with Crippen LogP contribution in [0.4, 0.5) is 0 Å². The quantitative estimate of drug-likeness (QED) is 0.522. The zero-order chi connectivity index (χ0) is 9.47. The maximum Gasteiger partial charge on any atom is 0.0920 e. The first-order chi connectivity index (χ1) is 6.15. The molecule has 1 aliphatic heterocycles. The monoisotopic (exact) mass is 182 g/mol. The minimum Gasteiger partial charge on any atom is -0.392 e. The Bertz CT molecular complexity index is 234. The molecule has 13 heavy (non-hydrogen) atoms. The van der Waals surface area contributed by atoms with E-state index in [1.54, 1.807) is 0 Å². The summed E-state index contributed by atoms with van der Waals surface area (Å²) in [6.07, 6.45) is 5.97. The van der Waals surface area contributed by atoms with E-state index in [-0.39, 0.29) is 12.2 Å². The highest BCUT2D eigenvalue weighted by Gasteiger charge is 2.55. The number of hydrogen-bond acceptors (Lipinski definition) is 2. The van der Waals surface area contributed by atoms with Gasteiger partial charge in [-0.25, -0.2) is 0 Å². The van der Waals surface area contributed by atoms with Crippen LogP contribution < -0.4 is 0 Å². The molecule has 3 atom stereocenters. The molecule has 1 saturated carbocycles. The van der Waals surface area contributed by atoms with Crippen molar-refractivity contribution in [2.75, 3.05) is 6.61 Å². The fourth-order valence-electron chi connectivity index (χ4n) is 2.37. The average molecular weight is 182 g/mol. The molecule has 0 unspecified atom stereocenters. The van der Waals surface area contributed by atoms with Crippen LogP contribution in [0.5, 0.6) is 0 Å². The maximum absolute atomic E-state index is 8.79. The van der Waals surface area contributed by atoms with Crippen molar-refractivity contribution in [2.24, 2.45) is 5.92 Å². The van der Waals surface area contributed by atoms with Crippen molar-refractivity contribution in [3.8, 4) is 0 Å². The van der Waals surface area contributed by atoms with Gasteiger partial charge < -0.3 is 9.84 Å². The summed E-state index contributed by atoms with van der Waals surface area (Å²) in [5.74, 6) is 0.646. The maximum atomic E-state index is 8.79. The SMILES string of the molecule is C/C(=C\CO)[C@@H]1CC[C@]2(C)O[C@@H]2C1. The second-order valence-corrected chi connectivity index (χ2v) is 4.52. The molecule has 2 aliphatic rings. The molecule has 0 radical (unpaired) electrons. The lowest BCUT2D eigenvalue weighted by Crippen LogP contribution is -2.21. The molecule has 0 spiro atoms. The molecule has 1 aliphatic carbocycles. The van der Waals surface area contributed by atoms with E-state index >= 15 is 0 Å². The first-order valence-electron chi connectivity index (χ1n) is 5.11. The third kappa shape index (κ3) is 1.65. The van der Waals surface area contributed by atoms with Crippen LogP contribution in [-0.2, 0) is 4.74 Å². The van der Waals surface area contributed by atoms with Crippen molar-refractivity contribution >= 4 is 0 Å². The Balaban J connectivity index is 1.94. The van der Waals surface area contributed by atoms with Gasteiger partial charge in [0.25, 0.3) is 0 Å². The van der Waals surface area contributed by atoms with Gasteiger partial charge in [-0.2, -0.15) is 0 Å². The fraction of sp³-hybridized carbons (Fsp3) is 0.818. The number of aliphatic hydroxyl groups is 1. The number of allylic oxidation sites excluding steroid dienone is 1. The van der Waals surface area contributed by atoms with Crippen molar-refractivity contribution in [3.63, 3.8) is 0 Å². The molecule has 2 heteroatoms. The van der Waals surface area contributed by atoms with Crippen molar-refractivity contribution in [1.29, 1.82) is 0 Å². The van der Waals surface area contributed by atoms with Gasteiger partial charge in [0, 0.05) is 0 Å². The number of ether oxygens (including phenoxy) is 1. The first-order valence-corrected chi connectivity index (χ1v) is 5.11. The molecule has 0 aromatic heterocycles. The van der Waals surface area contributed by atoms with E-state index in [1.165, 1.54) is 18.4 Å². The van der Waals surface area contributed by atoms with E-state index < -0.39 is 0 Å². The van der Waals surface area contributed by atoms with Gasteiger partial charge in [-0.3, -0.25) is 0 Å². The van der Waals surface area contributed by atoms with E-state index in [1.807, 2.05) is 6.08 Å². The summed E-state index contributed by atoms with van der Waals surface area (Å²) in [5, 5.41) is 8.79. The summed E-state index contributed by atoms with van der Waals surface area (Å²) in [6.45, 7) is 4.50. The van der Waals surface area contributed by atoms with Gasteiger partial charge in [0.05, 0.1) is 18.3 Å². The van der Waals surface area contributed by atoms with Crippen molar-refractivity contribution in [3.05, 3.63) is 11.6 Å². The summed E-state index contributed by atoms with van der Waals surface area (Å²) >= 11 is 0. The average Bonchev–Trinajstić information content (AvgIpc) is 2.75. The fourth-order valence-corrected chi connectivity index (χ4v) is 2.37. The highest BCUT2D eigenvalue weighted by atomic mass is 16.6. The minimum atomic E-state index is 0.172. The van der Waals surface area contributed by atoms with Crippen LogP contribution >= 0.6 is 0 Å². The second-order valence-electron chi connectivity index (χ2n) is 4.52. The van der Waals surface area contributed by atoms with Crippen molar-refractivity contribution in [1.82, 2.24) is 0 Å². The van der Waals surface area contributed by atoms with Crippen LogP contribution in [-0.4, -0.2) is 23.4 Å². The molecule has 1 heterocycles. The van der Waals surface area contributed by atoms with E-state index in [0.717, 1.165) is 6.42 Å². The molecule has 2 rings (SSSR count). The standard InChI is InChI=1S/C11H18O2/c1-8(4-6-12)9-3-5-11(2)10(7-9)13-11/h4,9-10,12H,3,5-7H2,1-2H3/b8-4+/t9-,10-,11+/m1/s1. The van der Waals surface area contributed by atoms with Gasteiger partial charge in [0.15, 0.2) is 0 Å². The largest absolute Gasteiger partial charge is 0.392 e. The molecule has 74 valence electrons. The van der Waals surface area contributed by atoms with E-state index in [0.29, 0.717) is 12.0 Å². The van der Waals surface area contributed by atoms with Crippen LogP contribution in [0.2, 0.25) is 0 Å². The first kappa shape index (κ1) is 9.22. The highest BCUT2D eigenvalue weighted by molar-refractivity contribution is 5.12. The number of rotatable bonds is 2. The van der Waals surface area contributed by atoms with E-state index in [9.17, 15) is 0 Å². The molecule has 0 amide bonds. The summed E-state index contributed by atoms with van der Waals surface area (Å²) < 4.78 is 5.63. The molecular formula is C11H18O2. The Labute approximate surface area is 79.6 Å². The zero-order valence-electron chi connectivity index (χ0n) is 8.42. The molecule has 2 fully saturated rings. The third-order valence-electron chi connectivity index (χ3n) is 3.58. The summed E-state index contributed by atoms with van der Waals surface area (Å²) in [5.41, 5.74) is 1.55. The van der Waals surface area contributed by atoms with Crippen LogP contribution in [0, 0.1) is 5.92 Å². The Kier molecular flexibility index (Phi) is 2.20. The van der Waals surface area contributed by atoms with Gasteiger partial charge in [0.1, 0.15) is 0 Å². The smallest absolute Gasteiger partial charge is 0.0920 e. The lowest BCUT2D eigenvalue weighted by Gasteiger charge is -2.23.